The second-order valence-electron chi connectivity index (χ2n) is 3.66. The van der Waals surface area contributed by atoms with Gasteiger partial charge in [-0.25, -0.2) is 0 Å². The van der Waals surface area contributed by atoms with Crippen LogP contribution in [0.1, 0.15) is 17.4 Å². The number of nitrogens with zero attached hydrogens (tertiary/aromatic N) is 3. The highest BCUT2D eigenvalue weighted by molar-refractivity contribution is 14.1. The Hall–Kier alpha value is -0.950. The molecular weight excluding hydrogens is 317 g/mol. The lowest BCUT2D eigenvalue weighted by molar-refractivity contribution is 0.177. The Bertz CT molecular complexity index is 466. The average Bonchev–Trinajstić information content (AvgIpc) is 2.65. The molecule has 1 unspecified atom stereocenters. The van der Waals surface area contributed by atoms with Gasteiger partial charge in [0.2, 0.25) is 0 Å². The molecule has 1 aromatic heterocycles. The van der Waals surface area contributed by atoms with Crippen LogP contribution < -0.4 is 0 Å². The highest BCUT2D eigenvalue weighted by Crippen LogP contribution is 2.18. The highest BCUT2D eigenvalue weighted by atomic mass is 127. The quantitative estimate of drug-likeness (QED) is 0.872. The van der Waals surface area contributed by atoms with Crippen molar-refractivity contribution in [2.24, 2.45) is 7.05 Å². The summed E-state index contributed by atoms with van der Waals surface area (Å²) in [5.41, 5.74) is 1.71. The summed E-state index contributed by atoms with van der Waals surface area (Å²) in [4.78, 5) is 0. The third-order valence-electron chi connectivity index (χ3n) is 2.31. The highest BCUT2D eigenvalue weighted by Gasteiger charge is 2.10. The molecule has 0 aliphatic carbocycles. The number of aryl methyl sites for hydroxylation is 1. The van der Waals surface area contributed by atoms with Gasteiger partial charge in [-0.15, -0.1) is 5.10 Å². The Labute approximate surface area is 107 Å². The van der Waals surface area contributed by atoms with Gasteiger partial charge in [-0.1, -0.05) is 17.3 Å². The molecule has 5 heteroatoms. The van der Waals surface area contributed by atoms with Gasteiger partial charge in [0, 0.05) is 23.2 Å². The van der Waals surface area contributed by atoms with Crippen molar-refractivity contribution >= 4 is 22.6 Å². The molecule has 0 aliphatic rings. The first-order valence-electron chi connectivity index (χ1n) is 4.94. The van der Waals surface area contributed by atoms with Crippen LogP contribution in [0.5, 0.6) is 0 Å². The molecule has 0 bridgehead atoms. The van der Waals surface area contributed by atoms with E-state index in [1.807, 2.05) is 37.5 Å². The number of hydrogen-bond donors (Lipinski definition) is 1. The van der Waals surface area contributed by atoms with Gasteiger partial charge in [0.25, 0.3) is 0 Å². The summed E-state index contributed by atoms with van der Waals surface area (Å²) < 4.78 is 2.80. The Morgan fingerprint density at radius 1 is 1.38 bits per heavy atom. The number of aliphatic hydroxyl groups excluding tert-OH is 1. The maximum Gasteiger partial charge on any atom is 0.0856 e. The van der Waals surface area contributed by atoms with Crippen LogP contribution in [0.4, 0.5) is 0 Å². The van der Waals surface area contributed by atoms with E-state index in [1.54, 1.807) is 4.68 Å². The number of aliphatic hydroxyl groups is 1. The second-order valence-corrected chi connectivity index (χ2v) is 4.90. The Kier molecular flexibility index (Phi) is 3.55. The monoisotopic (exact) mass is 329 g/mol. The summed E-state index contributed by atoms with van der Waals surface area (Å²) in [6, 6.07) is 7.83. The van der Waals surface area contributed by atoms with Crippen molar-refractivity contribution in [1.29, 1.82) is 0 Å². The van der Waals surface area contributed by atoms with Gasteiger partial charge >= 0.3 is 0 Å². The summed E-state index contributed by atoms with van der Waals surface area (Å²) in [7, 11) is 1.81. The number of hydrogen-bond acceptors (Lipinski definition) is 3. The Balaban J connectivity index is 2.08. The predicted octanol–water partition coefficient (Wildman–Crippen LogP) is 1.70. The lowest BCUT2D eigenvalue weighted by Gasteiger charge is -2.08. The molecule has 1 N–H and O–H groups in total. The summed E-state index contributed by atoms with van der Waals surface area (Å²) in [5.74, 6) is 0. The molecule has 1 aromatic carbocycles. The van der Waals surface area contributed by atoms with Gasteiger partial charge in [-0.3, -0.25) is 4.68 Å². The summed E-state index contributed by atoms with van der Waals surface area (Å²) in [6.45, 7) is 0. The van der Waals surface area contributed by atoms with Crippen molar-refractivity contribution in [3.8, 4) is 0 Å². The van der Waals surface area contributed by atoms with Gasteiger partial charge in [-0.2, -0.15) is 0 Å². The van der Waals surface area contributed by atoms with Gasteiger partial charge in [-0.05, 0) is 40.3 Å². The molecule has 0 fully saturated rings. The maximum atomic E-state index is 9.99. The molecule has 0 aliphatic heterocycles. The minimum Gasteiger partial charge on any atom is -0.388 e. The lowest BCUT2D eigenvalue weighted by Crippen LogP contribution is -2.02. The molecule has 2 rings (SSSR count). The van der Waals surface area contributed by atoms with Gasteiger partial charge in [0.1, 0.15) is 0 Å². The molecule has 1 heterocycles. The van der Waals surface area contributed by atoms with Crippen LogP contribution in [0, 0.1) is 3.57 Å². The number of aromatic nitrogens is 3. The molecule has 4 nitrogen and oxygen atoms in total. The van der Waals surface area contributed by atoms with E-state index in [4.69, 9.17) is 0 Å². The fourth-order valence-corrected chi connectivity index (χ4v) is 1.85. The number of rotatable bonds is 3. The van der Waals surface area contributed by atoms with E-state index in [1.165, 1.54) is 0 Å². The lowest BCUT2D eigenvalue weighted by atomic mass is 10.1. The van der Waals surface area contributed by atoms with Crippen molar-refractivity contribution < 1.29 is 5.11 Å². The van der Waals surface area contributed by atoms with E-state index in [9.17, 15) is 5.11 Å². The zero-order valence-electron chi connectivity index (χ0n) is 8.84. The number of benzene rings is 1. The van der Waals surface area contributed by atoms with Crippen LogP contribution in [0.2, 0.25) is 0 Å². The minimum atomic E-state index is -0.520. The zero-order valence-corrected chi connectivity index (χ0v) is 11.0. The van der Waals surface area contributed by atoms with Crippen molar-refractivity contribution in [2.45, 2.75) is 12.5 Å². The largest absolute Gasteiger partial charge is 0.388 e. The Morgan fingerprint density at radius 3 is 2.62 bits per heavy atom. The summed E-state index contributed by atoms with van der Waals surface area (Å²) in [5, 5.41) is 17.8. The van der Waals surface area contributed by atoms with E-state index in [-0.39, 0.29) is 0 Å². The van der Waals surface area contributed by atoms with E-state index in [0.717, 1.165) is 14.8 Å². The van der Waals surface area contributed by atoms with Gasteiger partial charge in [0.15, 0.2) is 0 Å². The average molecular weight is 329 g/mol. The molecule has 0 saturated carbocycles. The molecule has 84 valence electrons. The van der Waals surface area contributed by atoms with Crippen LogP contribution in [-0.4, -0.2) is 20.1 Å². The topological polar surface area (TPSA) is 50.9 Å². The fraction of sp³-hybridized carbons (Fsp3) is 0.273. The van der Waals surface area contributed by atoms with Crippen LogP contribution in [-0.2, 0) is 13.5 Å². The third kappa shape index (κ3) is 2.79. The van der Waals surface area contributed by atoms with Crippen molar-refractivity contribution in [2.75, 3.05) is 0 Å². The fourth-order valence-electron chi connectivity index (χ4n) is 1.49. The van der Waals surface area contributed by atoms with Gasteiger partial charge in [0.05, 0.1) is 11.8 Å². The molecule has 0 radical (unpaired) electrons. The summed E-state index contributed by atoms with van der Waals surface area (Å²) in [6.07, 6.45) is 1.79. The minimum absolute atomic E-state index is 0.494. The summed E-state index contributed by atoms with van der Waals surface area (Å²) >= 11 is 2.24. The molecule has 2 aromatic rings. The van der Waals surface area contributed by atoms with Crippen LogP contribution >= 0.6 is 22.6 Å². The first kappa shape index (κ1) is 11.5. The van der Waals surface area contributed by atoms with Crippen molar-refractivity contribution in [3.05, 3.63) is 45.3 Å². The molecule has 1 atom stereocenters. The normalized spacial score (nSPS) is 12.7. The molecule has 0 spiro atoms. The number of halogens is 1. The van der Waals surface area contributed by atoms with Crippen molar-refractivity contribution in [1.82, 2.24) is 15.0 Å². The first-order valence-corrected chi connectivity index (χ1v) is 6.02. The van der Waals surface area contributed by atoms with Gasteiger partial charge < -0.3 is 5.11 Å². The smallest absolute Gasteiger partial charge is 0.0856 e. The molecular formula is C11H12IN3O. The predicted molar refractivity (Wildman–Crippen MR) is 68.8 cm³/mol. The first-order chi connectivity index (χ1) is 7.65. The maximum absolute atomic E-state index is 9.99. The molecule has 0 amide bonds. The van der Waals surface area contributed by atoms with E-state index in [0.29, 0.717) is 6.42 Å². The SMILES string of the molecule is Cn1cc(CC(O)c2ccc(I)cc2)nn1. The molecule has 0 saturated heterocycles. The van der Waals surface area contributed by atoms with Crippen LogP contribution in [0.3, 0.4) is 0 Å². The van der Waals surface area contributed by atoms with Crippen LogP contribution in [0.15, 0.2) is 30.5 Å². The molecule has 16 heavy (non-hydrogen) atoms. The van der Waals surface area contributed by atoms with Crippen LogP contribution in [0.25, 0.3) is 0 Å². The van der Waals surface area contributed by atoms with E-state index in [2.05, 4.69) is 32.9 Å². The third-order valence-corrected chi connectivity index (χ3v) is 3.03. The standard InChI is InChI=1S/C11H12IN3O/c1-15-7-10(13-14-15)6-11(16)8-2-4-9(12)5-3-8/h2-5,7,11,16H,6H2,1H3. The zero-order chi connectivity index (χ0) is 11.5. The van der Waals surface area contributed by atoms with Crippen molar-refractivity contribution in [3.63, 3.8) is 0 Å². The van der Waals surface area contributed by atoms with E-state index < -0.39 is 6.10 Å². The van der Waals surface area contributed by atoms with E-state index >= 15 is 0 Å². The Morgan fingerprint density at radius 2 is 2.06 bits per heavy atom. The second kappa shape index (κ2) is 4.92.